The molecule has 0 saturated heterocycles. The van der Waals surface area contributed by atoms with Crippen molar-refractivity contribution in [3.8, 4) is 5.82 Å². The van der Waals surface area contributed by atoms with Crippen molar-refractivity contribution in [2.24, 2.45) is 0 Å². The molecular weight excluding hydrogens is 441 g/mol. The zero-order valence-corrected chi connectivity index (χ0v) is 17.6. The summed E-state index contributed by atoms with van der Waals surface area (Å²) in [6.07, 6.45) is 6.99. The number of H-pyrrole nitrogens is 1. The first-order valence-corrected chi connectivity index (χ1v) is 10.2. The van der Waals surface area contributed by atoms with Gasteiger partial charge < -0.3 is 5.32 Å². The van der Waals surface area contributed by atoms with Crippen LogP contribution in [0, 0.1) is 0 Å². The molecule has 1 aromatic carbocycles. The molecule has 0 amide bonds. The molecule has 2 N–H and O–H groups in total. The fraction of sp³-hybridized carbons (Fsp3) is 0.158. The van der Waals surface area contributed by atoms with Gasteiger partial charge in [0.15, 0.2) is 17.3 Å². The maximum absolute atomic E-state index is 13.5. The molecule has 0 radical (unpaired) electrons. The van der Waals surface area contributed by atoms with Gasteiger partial charge in [-0.1, -0.05) is 30.1 Å². The number of anilines is 1. The third-order valence-electron chi connectivity index (χ3n) is 4.89. The number of hydrogen-bond donors (Lipinski definition) is 2. The Balaban J connectivity index is 1.76. The molecule has 0 saturated carbocycles. The van der Waals surface area contributed by atoms with Crippen molar-refractivity contribution in [1.82, 2.24) is 39.3 Å². The normalized spacial score (nSPS) is 12.5. The van der Waals surface area contributed by atoms with Crippen molar-refractivity contribution in [3.05, 3.63) is 69.3 Å². The third kappa shape index (κ3) is 3.20. The number of fused-ring (bicyclic) bond motifs is 2. The topological polar surface area (TPSA) is 119 Å². The zero-order chi connectivity index (χ0) is 21.5. The summed E-state index contributed by atoms with van der Waals surface area (Å²) in [6, 6.07) is 4.46. The third-order valence-corrected chi connectivity index (χ3v) is 5.51. The summed E-state index contributed by atoms with van der Waals surface area (Å²) in [5.41, 5.74) is 0.514. The van der Waals surface area contributed by atoms with E-state index in [1.54, 1.807) is 41.3 Å². The minimum Gasteiger partial charge on any atom is -0.357 e. The number of aromatic nitrogens is 8. The lowest BCUT2D eigenvalue weighted by Gasteiger charge is -2.21. The van der Waals surface area contributed by atoms with Gasteiger partial charge >= 0.3 is 0 Å². The molecule has 0 spiro atoms. The van der Waals surface area contributed by atoms with Crippen molar-refractivity contribution < 1.29 is 0 Å². The Kier molecular flexibility index (Phi) is 4.79. The Hall–Kier alpha value is -3.50. The highest BCUT2D eigenvalue weighted by Gasteiger charge is 2.24. The summed E-state index contributed by atoms with van der Waals surface area (Å²) in [5, 5.41) is 15.2. The van der Waals surface area contributed by atoms with Crippen LogP contribution in [0.15, 0.2) is 47.9 Å². The summed E-state index contributed by atoms with van der Waals surface area (Å²) < 4.78 is 3.03. The highest BCUT2D eigenvalue weighted by Crippen LogP contribution is 2.30. The highest BCUT2D eigenvalue weighted by molar-refractivity contribution is 6.39. The van der Waals surface area contributed by atoms with Crippen molar-refractivity contribution in [2.45, 2.75) is 19.4 Å². The van der Waals surface area contributed by atoms with E-state index in [1.807, 2.05) is 6.92 Å². The predicted octanol–water partition coefficient (Wildman–Crippen LogP) is 3.42. The maximum Gasteiger partial charge on any atom is 0.268 e. The van der Waals surface area contributed by atoms with Crippen LogP contribution in [0.25, 0.3) is 22.4 Å². The molecule has 0 aliphatic heterocycles. The van der Waals surface area contributed by atoms with Gasteiger partial charge in [-0.3, -0.25) is 9.89 Å². The van der Waals surface area contributed by atoms with E-state index in [4.69, 9.17) is 28.2 Å². The second-order valence-corrected chi connectivity index (χ2v) is 7.52. The summed E-state index contributed by atoms with van der Waals surface area (Å²) in [5.74, 6) is 1.31. The van der Waals surface area contributed by atoms with E-state index in [9.17, 15) is 4.79 Å². The predicted molar refractivity (Wildman–Crippen MR) is 117 cm³/mol. The van der Waals surface area contributed by atoms with Crippen molar-refractivity contribution in [1.29, 1.82) is 0 Å². The number of hydrogen-bond acceptors (Lipinski definition) is 7. The molecule has 0 fully saturated rings. The lowest BCUT2D eigenvalue weighted by Crippen LogP contribution is -2.29. The average Bonchev–Trinajstić information content (AvgIpc) is 3.46. The number of rotatable bonds is 5. The minimum absolute atomic E-state index is 0.230. The number of halogens is 2. The van der Waals surface area contributed by atoms with E-state index in [1.165, 1.54) is 10.9 Å². The molecule has 1 atom stereocenters. The van der Waals surface area contributed by atoms with Crippen LogP contribution >= 0.6 is 23.2 Å². The Morgan fingerprint density at radius 2 is 2.03 bits per heavy atom. The standard InChI is InChI=1S/C19H15Cl2N9O/c1-2-12(26-16-18-22-7-8-29(18)25-9-23-16)17-27-15-11(21)4-3-10(20)14(15)19(31)30(17)13-5-6-24-28-13/h3-9,12H,2H2,1H3,(H,24,28)(H,23,25,26). The Morgan fingerprint density at radius 3 is 2.81 bits per heavy atom. The van der Waals surface area contributed by atoms with Gasteiger partial charge in [0.05, 0.1) is 27.0 Å². The fourth-order valence-electron chi connectivity index (χ4n) is 3.44. The summed E-state index contributed by atoms with van der Waals surface area (Å²) in [4.78, 5) is 26.9. The van der Waals surface area contributed by atoms with Crippen LogP contribution in [0.2, 0.25) is 10.0 Å². The SMILES string of the molecule is CCC(Nc1ncnn2ccnc12)c1nc2c(Cl)ccc(Cl)c2c(=O)n1-c1cc[nH]n1. The van der Waals surface area contributed by atoms with Crippen LogP contribution in [0.5, 0.6) is 0 Å². The first-order valence-electron chi connectivity index (χ1n) is 9.40. The molecule has 5 rings (SSSR count). The van der Waals surface area contributed by atoms with Crippen molar-refractivity contribution in [3.63, 3.8) is 0 Å². The van der Waals surface area contributed by atoms with Gasteiger partial charge in [0.1, 0.15) is 12.2 Å². The van der Waals surface area contributed by atoms with Crippen LogP contribution in [-0.4, -0.2) is 39.3 Å². The molecular formula is C19H15Cl2N9O. The highest BCUT2D eigenvalue weighted by atomic mass is 35.5. The van der Waals surface area contributed by atoms with Crippen molar-refractivity contribution in [2.75, 3.05) is 5.32 Å². The van der Waals surface area contributed by atoms with E-state index in [0.717, 1.165) is 0 Å². The van der Waals surface area contributed by atoms with Crippen LogP contribution < -0.4 is 10.9 Å². The molecule has 0 aliphatic carbocycles. The van der Waals surface area contributed by atoms with E-state index >= 15 is 0 Å². The Labute approximate surface area is 184 Å². The molecule has 12 heteroatoms. The molecule has 4 aromatic heterocycles. The summed E-state index contributed by atoms with van der Waals surface area (Å²) in [6.45, 7) is 1.96. The fourth-order valence-corrected chi connectivity index (χ4v) is 3.87. The van der Waals surface area contributed by atoms with E-state index in [2.05, 4.69) is 30.6 Å². The molecule has 31 heavy (non-hydrogen) atoms. The van der Waals surface area contributed by atoms with E-state index in [0.29, 0.717) is 40.1 Å². The van der Waals surface area contributed by atoms with Gasteiger partial charge in [0.2, 0.25) is 0 Å². The van der Waals surface area contributed by atoms with Crippen molar-refractivity contribution >= 4 is 45.6 Å². The van der Waals surface area contributed by atoms with Gasteiger partial charge in [-0.05, 0) is 18.6 Å². The maximum atomic E-state index is 13.5. The second kappa shape index (κ2) is 7.64. The molecule has 10 nitrogen and oxygen atoms in total. The number of imidazole rings is 1. The van der Waals surface area contributed by atoms with Gasteiger partial charge in [0.25, 0.3) is 5.56 Å². The molecule has 4 heterocycles. The number of aromatic amines is 1. The monoisotopic (exact) mass is 455 g/mol. The van der Waals surface area contributed by atoms with E-state index < -0.39 is 6.04 Å². The van der Waals surface area contributed by atoms with Gasteiger partial charge in [0, 0.05) is 24.7 Å². The lowest BCUT2D eigenvalue weighted by atomic mass is 10.1. The summed E-state index contributed by atoms with van der Waals surface area (Å²) in [7, 11) is 0. The largest absolute Gasteiger partial charge is 0.357 e. The quantitative estimate of drug-likeness (QED) is 0.416. The van der Waals surface area contributed by atoms with Gasteiger partial charge in [-0.2, -0.15) is 10.2 Å². The Bertz CT molecular complexity index is 1460. The molecule has 1 unspecified atom stereocenters. The number of nitrogens with one attached hydrogen (secondary N) is 2. The van der Waals surface area contributed by atoms with Crippen LogP contribution in [0.1, 0.15) is 25.2 Å². The van der Waals surface area contributed by atoms with Crippen LogP contribution in [0.4, 0.5) is 5.82 Å². The number of benzene rings is 1. The Morgan fingerprint density at radius 1 is 1.19 bits per heavy atom. The van der Waals surface area contributed by atoms with Gasteiger partial charge in [-0.25, -0.2) is 24.0 Å². The molecule has 5 aromatic rings. The van der Waals surface area contributed by atoms with E-state index in [-0.39, 0.29) is 16.0 Å². The smallest absolute Gasteiger partial charge is 0.268 e. The van der Waals surface area contributed by atoms with Crippen LogP contribution in [-0.2, 0) is 0 Å². The zero-order valence-electron chi connectivity index (χ0n) is 16.1. The summed E-state index contributed by atoms with van der Waals surface area (Å²) >= 11 is 12.7. The minimum atomic E-state index is -0.417. The lowest BCUT2D eigenvalue weighted by molar-refractivity contribution is 0.652. The first kappa shape index (κ1) is 19.5. The first-order chi connectivity index (χ1) is 15.1. The number of nitrogens with zero attached hydrogens (tertiary/aromatic N) is 7. The average molecular weight is 456 g/mol. The molecule has 156 valence electrons. The van der Waals surface area contributed by atoms with Gasteiger partial charge in [-0.15, -0.1) is 0 Å². The molecule has 0 bridgehead atoms. The van der Waals surface area contributed by atoms with Crippen LogP contribution in [0.3, 0.4) is 0 Å². The second-order valence-electron chi connectivity index (χ2n) is 6.71. The molecule has 0 aliphatic rings.